The number of anilines is 1. The quantitative estimate of drug-likeness (QED) is 0.826. The summed E-state index contributed by atoms with van der Waals surface area (Å²) in [4.78, 5) is 11.8. The van der Waals surface area contributed by atoms with E-state index in [1.54, 1.807) is 30.3 Å². The van der Waals surface area contributed by atoms with Crippen LogP contribution in [0.4, 0.5) is 23.2 Å². The number of halogens is 4. The van der Waals surface area contributed by atoms with Gasteiger partial charge in [0.05, 0.1) is 5.56 Å². The summed E-state index contributed by atoms with van der Waals surface area (Å²) in [6.07, 6.45) is -4.70. The highest BCUT2D eigenvalue weighted by Gasteiger charge is 2.31. The van der Waals surface area contributed by atoms with Crippen molar-refractivity contribution in [3.05, 3.63) is 65.5 Å². The van der Waals surface area contributed by atoms with Gasteiger partial charge in [-0.25, -0.2) is 4.39 Å². The van der Waals surface area contributed by atoms with Crippen LogP contribution in [0, 0.1) is 5.82 Å². The topological polar surface area (TPSA) is 29.1 Å². The monoisotopic (exact) mass is 283 g/mol. The summed E-state index contributed by atoms with van der Waals surface area (Å²) >= 11 is 0. The van der Waals surface area contributed by atoms with Gasteiger partial charge in [0, 0.05) is 11.3 Å². The fourth-order valence-corrected chi connectivity index (χ4v) is 1.61. The van der Waals surface area contributed by atoms with Crippen LogP contribution in [0.2, 0.25) is 0 Å². The third-order valence-electron chi connectivity index (χ3n) is 2.52. The highest BCUT2D eigenvalue weighted by Crippen LogP contribution is 2.30. The molecule has 2 rings (SSSR count). The van der Waals surface area contributed by atoms with Crippen molar-refractivity contribution in [2.45, 2.75) is 6.18 Å². The van der Waals surface area contributed by atoms with Crippen LogP contribution in [-0.4, -0.2) is 5.91 Å². The molecule has 0 saturated heterocycles. The van der Waals surface area contributed by atoms with E-state index in [1.807, 2.05) is 0 Å². The minimum absolute atomic E-state index is 0.347. The van der Waals surface area contributed by atoms with E-state index in [-0.39, 0.29) is 5.56 Å². The Morgan fingerprint density at radius 2 is 1.65 bits per heavy atom. The van der Waals surface area contributed by atoms with Gasteiger partial charge in [0.1, 0.15) is 5.82 Å². The number of carbonyl (C=O) groups is 1. The molecule has 0 radical (unpaired) electrons. The number of para-hydroxylation sites is 1. The van der Waals surface area contributed by atoms with Crippen LogP contribution in [-0.2, 0) is 6.18 Å². The van der Waals surface area contributed by atoms with E-state index in [0.29, 0.717) is 17.8 Å². The molecule has 0 saturated carbocycles. The molecule has 0 aliphatic heterocycles. The van der Waals surface area contributed by atoms with Gasteiger partial charge in [-0.15, -0.1) is 0 Å². The van der Waals surface area contributed by atoms with Crippen molar-refractivity contribution < 1.29 is 22.4 Å². The molecule has 0 aromatic heterocycles. The van der Waals surface area contributed by atoms with E-state index in [1.165, 1.54) is 0 Å². The highest BCUT2D eigenvalue weighted by atomic mass is 19.4. The second-order valence-electron chi connectivity index (χ2n) is 4.05. The lowest BCUT2D eigenvalue weighted by Gasteiger charge is -2.10. The van der Waals surface area contributed by atoms with Crippen molar-refractivity contribution in [3.63, 3.8) is 0 Å². The van der Waals surface area contributed by atoms with Crippen LogP contribution in [0.25, 0.3) is 0 Å². The van der Waals surface area contributed by atoms with Gasteiger partial charge < -0.3 is 5.32 Å². The maximum atomic E-state index is 13.2. The molecule has 2 aromatic rings. The molecule has 0 bridgehead atoms. The molecule has 0 unspecified atom stereocenters. The first-order valence-electron chi connectivity index (χ1n) is 5.60. The minimum Gasteiger partial charge on any atom is -0.322 e. The third-order valence-corrected chi connectivity index (χ3v) is 2.52. The Balaban J connectivity index is 2.29. The van der Waals surface area contributed by atoms with Gasteiger partial charge in [0.2, 0.25) is 0 Å². The summed E-state index contributed by atoms with van der Waals surface area (Å²) in [6, 6.07) is 9.89. The predicted octanol–water partition coefficient (Wildman–Crippen LogP) is 4.10. The Hall–Kier alpha value is -2.37. The zero-order chi connectivity index (χ0) is 14.8. The molecule has 0 aliphatic carbocycles. The molecule has 20 heavy (non-hydrogen) atoms. The number of rotatable bonds is 2. The first kappa shape index (κ1) is 14.0. The second-order valence-corrected chi connectivity index (χ2v) is 4.05. The lowest BCUT2D eigenvalue weighted by Crippen LogP contribution is -2.14. The SMILES string of the molecule is O=C(Nc1ccccc1)c1cc(F)cc(C(F)(F)F)c1. The summed E-state index contributed by atoms with van der Waals surface area (Å²) in [5, 5.41) is 2.39. The number of alkyl halides is 3. The Bertz CT molecular complexity index is 623. The van der Waals surface area contributed by atoms with Crippen molar-refractivity contribution in [1.82, 2.24) is 0 Å². The smallest absolute Gasteiger partial charge is 0.322 e. The van der Waals surface area contributed by atoms with Crippen LogP contribution in [0.3, 0.4) is 0 Å². The molecule has 6 heteroatoms. The molecule has 0 heterocycles. The molecule has 1 amide bonds. The normalized spacial score (nSPS) is 11.2. The summed E-state index contributed by atoms with van der Waals surface area (Å²) in [6.45, 7) is 0. The molecule has 2 nitrogen and oxygen atoms in total. The van der Waals surface area contributed by atoms with E-state index in [0.717, 1.165) is 6.07 Å². The number of nitrogens with one attached hydrogen (secondary N) is 1. The first-order valence-corrected chi connectivity index (χ1v) is 5.60. The molecule has 104 valence electrons. The van der Waals surface area contributed by atoms with E-state index in [4.69, 9.17) is 0 Å². The van der Waals surface area contributed by atoms with Crippen molar-refractivity contribution in [2.24, 2.45) is 0 Å². The lowest BCUT2D eigenvalue weighted by atomic mass is 10.1. The van der Waals surface area contributed by atoms with Gasteiger partial charge in [0.25, 0.3) is 5.91 Å². The third kappa shape index (κ3) is 3.34. The number of benzene rings is 2. The van der Waals surface area contributed by atoms with Crippen molar-refractivity contribution in [1.29, 1.82) is 0 Å². The number of hydrogen-bond acceptors (Lipinski definition) is 1. The average molecular weight is 283 g/mol. The van der Waals surface area contributed by atoms with Crippen molar-refractivity contribution in [2.75, 3.05) is 5.32 Å². The maximum absolute atomic E-state index is 13.2. The summed E-state index contributed by atoms with van der Waals surface area (Å²) < 4.78 is 50.8. The van der Waals surface area contributed by atoms with Gasteiger partial charge in [-0.3, -0.25) is 4.79 Å². The molecule has 1 N–H and O–H groups in total. The van der Waals surface area contributed by atoms with Gasteiger partial charge in [-0.2, -0.15) is 13.2 Å². The molecule has 0 spiro atoms. The first-order chi connectivity index (χ1) is 9.36. The van der Waals surface area contributed by atoms with Gasteiger partial charge in [-0.05, 0) is 30.3 Å². The van der Waals surface area contributed by atoms with Crippen molar-refractivity contribution in [3.8, 4) is 0 Å². The molecule has 0 fully saturated rings. The lowest BCUT2D eigenvalue weighted by molar-refractivity contribution is -0.137. The Morgan fingerprint density at radius 3 is 2.25 bits per heavy atom. The van der Waals surface area contributed by atoms with Crippen LogP contribution in [0.1, 0.15) is 15.9 Å². The highest BCUT2D eigenvalue weighted by molar-refractivity contribution is 6.04. The van der Waals surface area contributed by atoms with Gasteiger partial charge >= 0.3 is 6.18 Å². The standard InChI is InChI=1S/C14H9F4NO/c15-11-7-9(6-10(8-11)14(16,17)18)13(20)19-12-4-2-1-3-5-12/h1-8H,(H,19,20). The molecule has 2 aromatic carbocycles. The Labute approximate surface area is 112 Å². The minimum atomic E-state index is -4.70. The molecule has 0 atom stereocenters. The van der Waals surface area contributed by atoms with Crippen LogP contribution in [0.15, 0.2) is 48.5 Å². The molecular weight excluding hydrogens is 274 g/mol. The van der Waals surface area contributed by atoms with Crippen LogP contribution < -0.4 is 5.32 Å². The summed E-state index contributed by atoms with van der Waals surface area (Å²) in [5.41, 5.74) is -1.17. The number of hydrogen-bond donors (Lipinski definition) is 1. The second kappa shape index (κ2) is 5.32. The van der Waals surface area contributed by atoms with Gasteiger partial charge in [0.15, 0.2) is 0 Å². The van der Waals surface area contributed by atoms with Crippen molar-refractivity contribution >= 4 is 11.6 Å². The fourth-order valence-electron chi connectivity index (χ4n) is 1.61. The van der Waals surface area contributed by atoms with Crippen LogP contribution >= 0.6 is 0 Å². The number of carbonyl (C=O) groups excluding carboxylic acids is 1. The molecule has 0 aliphatic rings. The summed E-state index contributed by atoms with van der Waals surface area (Å²) in [7, 11) is 0. The summed E-state index contributed by atoms with van der Waals surface area (Å²) in [5.74, 6) is -1.92. The fraction of sp³-hybridized carbons (Fsp3) is 0.0714. The van der Waals surface area contributed by atoms with E-state index in [2.05, 4.69) is 5.32 Å². The maximum Gasteiger partial charge on any atom is 0.416 e. The van der Waals surface area contributed by atoms with Crippen LogP contribution in [0.5, 0.6) is 0 Å². The Kier molecular flexibility index (Phi) is 3.74. The zero-order valence-corrected chi connectivity index (χ0v) is 10.0. The predicted molar refractivity (Wildman–Crippen MR) is 65.8 cm³/mol. The largest absolute Gasteiger partial charge is 0.416 e. The Morgan fingerprint density at radius 1 is 1.00 bits per heavy atom. The molecular formula is C14H9F4NO. The van der Waals surface area contributed by atoms with E-state index < -0.39 is 23.5 Å². The van der Waals surface area contributed by atoms with E-state index >= 15 is 0 Å². The number of amides is 1. The van der Waals surface area contributed by atoms with Gasteiger partial charge in [-0.1, -0.05) is 18.2 Å². The van der Waals surface area contributed by atoms with E-state index in [9.17, 15) is 22.4 Å². The average Bonchev–Trinajstić information content (AvgIpc) is 2.38. The zero-order valence-electron chi connectivity index (χ0n) is 10.0.